The van der Waals surface area contributed by atoms with Crippen LogP contribution >= 0.6 is 0 Å². The maximum atomic E-state index is 12.8. The van der Waals surface area contributed by atoms with Gasteiger partial charge in [-0.15, -0.1) is 0 Å². The third-order valence-corrected chi connectivity index (χ3v) is 4.29. The summed E-state index contributed by atoms with van der Waals surface area (Å²) in [5, 5.41) is 5.89. The molecule has 3 nitrogen and oxygen atoms in total. The molecule has 0 spiro atoms. The van der Waals surface area contributed by atoms with E-state index in [9.17, 15) is 18.0 Å². The van der Waals surface area contributed by atoms with Crippen LogP contribution in [0.5, 0.6) is 0 Å². The van der Waals surface area contributed by atoms with Crippen molar-refractivity contribution >= 4 is 11.6 Å². The first kappa shape index (κ1) is 19.6. The topological polar surface area (TPSA) is 41.1 Å². The van der Waals surface area contributed by atoms with Crippen LogP contribution in [0.2, 0.25) is 0 Å². The molecule has 0 aliphatic rings. The number of nitrogens with one attached hydrogen (secondary N) is 2. The number of rotatable bonds is 5. The van der Waals surface area contributed by atoms with Crippen molar-refractivity contribution in [1.29, 1.82) is 0 Å². The van der Waals surface area contributed by atoms with Crippen molar-refractivity contribution in [2.24, 2.45) is 0 Å². The molecule has 144 valence electrons. The summed E-state index contributed by atoms with van der Waals surface area (Å²) >= 11 is 0. The molecule has 0 saturated heterocycles. The fourth-order valence-electron chi connectivity index (χ4n) is 2.88. The lowest BCUT2D eigenvalue weighted by Gasteiger charge is -2.12. The Balaban J connectivity index is 1.84. The zero-order chi connectivity index (χ0) is 20.1. The smallest absolute Gasteiger partial charge is 0.322 e. The van der Waals surface area contributed by atoms with Crippen molar-refractivity contribution in [3.63, 3.8) is 0 Å². The molecule has 2 N–H and O–H groups in total. The highest BCUT2D eigenvalue weighted by atomic mass is 19.4. The Morgan fingerprint density at radius 2 is 1.54 bits per heavy atom. The van der Waals surface area contributed by atoms with E-state index in [0.717, 1.165) is 24.2 Å². The van der Waals surface area contributed by atoms with Crippen LogP contribution in [-0.2, 0) is 12.7 Å². The van der Waals surface area contributed by atoms with E-state index in [-0.39, 0.29) is 5.91 Å². The summed E-state index contributed by atoms with van der Waals surface area (Å²) in [6.07, 6.45) is -4.39. The van der Waals surface area contributed by atoms with E-state index in [1.807, 2.05) is 31.3 Å². The van der Waals surface area contributed by atoms with Crippen LogP contribution in [0, 0.1) is 0 Å². The first-order valence-electron chi connectivity index (χ1n) is 8.70. The molecule has 0 heterocycles. The lowest BCUT2D eigenvalue weighted by molar-refractivity contribution is -0.137. The van der Waals surface area contributed by atoms with E-state index in [0.29, 0.717) is 22.4 Å². The minimum atomic E-state index is -4.39. The molecular formula is C22H19F3N2O. The van der Waals surface area contributed by atoms with Gasteiger partial charge in [-0.3, -0.25) is 4.79 Å². The molecule has 3 rings (SSSR count). The fourth-order valence-corrected chi connectivity index (χ4v) is 2.88. The number of amides is 1. The summed E-state index contributed by atoms with van der Waals surface area (Å²) in [7, 11) is 1.86. The number of hydrogen-bond acceptors (Lipinski definition) is 2. The molecule has 0 saturated carbocycles. The molecular weight excluding hydrogens is 365 g/mol. The van der Waals surface area contributed by atoms with E-state index in [4.69, 9.17) is 0 Å². The molecule has 0 aliphatic heterocycles. The molecule has 3 aromatic rings. The normalized spacial score (nSPS) is 11.3. The molecule has 3 aromatic carbocycles. The molecule has 0 aromatic heterocycles. The first-order valence-corrected chi connectivity index (χ1v) is 8.70. The van der Waals surface area contributed by atoms with Gasteiger partial charge in [-0.25, -0.2) is 0 Å². The third-order valence-electron chi connectivity index (χ3n) is 4.29. The van der Waals surface area contributed by atoms with Gasteiger partial charge in [0.15, 0.2) is 0 Å². The largest absolute Gasteiger partial charge is 0.416 e. The number of carbonyl (C=O) groups is 1. The fraction of sp³-hybridized carbons (Fsp3) is 0.136. The van der Waals surface area contributed by atoms with E-state index in [1.165, 1.54) is 12.1 Å². The minimum absolute atomic E-state index is 0.322. The molecule has 0 aliphatic carbocycles. The second kappa shape index (κ2) is 8.27. The maximum absolute atomic E-state index is 12.8. The standard InChI is InChI=1S/C22H19F3N2O/c1-26-14-15-6-12-18(13-7-15)27-21(28)20-5-3-2-4-19(20)16-8-10-17(11-9-16)22(23,24)25/h2-13,26H,14H2,1H3,(H,27,28). The third kappa shape index (κ3) is 4.58. The Bertz CT molecular complexity index is 949. The number of carbonyl (C=O) groups excluding carboxylic acids is 1. The van der Waals surface area contributed by atoms with Gasteiger partial charge >= 0.3 is 6.18 Å². The molecule has 0 radical (unpaired) electrons. The lowest BCUT2D eigenvalue weighted by Crippen LogP contribution is -2.13. The molecule has 0 bridgehead atoms. The van der Waals surface area contributed by atoms with Crippen molar-refractivity contribution in [3.05, 3.63) is 89.5 Å². The summed E-state index contributed by atoms with van der Waals surface area (Å²) < 4.78 is 38.3. The summed E-state index contributed by atoms with van der Waals surface area (Å²) in [5.41, 5.74) is 2.52. The number of anilines is 1. The second-order valence-corrected chi connectivity index (χ2v) is 6.30. The maximum Gasteiger partial charge on any atom is 0.416 e. The van der Waals surface area contributed by atoms with E-state index < -0.39 is 11.7 Å². The van der Waals surface area contributed by atoms with Crippen LogP contribution in [0.4, 0.5) is 18.9 Å². The molecule has 0 fully saturated rings. The predicted octanol–water partition coefficient (Wildman–Crippen LogP) is 5.34. The summed E-state index contributed by atoms with van der Waals surface area (Å²) in [5.74, 6) is -0.322. The number of halogens is 3. The average molecular weight is 384 g/mol. The summed E-state index contributed by atoms with van der Waals surface area (Å²) in [6, 6.07) is 19.1. The van der Waals surface area contributed by atoms with Gasteiger partial charge in [0.2, 0.25) is 0 Å². The Morgan fingerprint density at radius 1 is 0.893 bits per heavy atom. The van der Waals surface area contributed by atoms with Crippen molar-refractivity contribution in [1.82, 2.24) is 5.32 Å². The zero-order valence-corrected chi connectivity index (χ0v) is 15.2. The van der Waals surface area contributed by atoms with Gasteiger partial charge in [0.1, 0.15) is 0 Å². The van der Waals surface area contributed by atoms with Crippen LogP contribution in [0.3, 0.4) is 0 Å². The van der Waals surface area contributed by atoms with Crippen molar-refractivity contribution in [2.45, 2.75) is 12.7 Å². The van der Waals surface area contributed by atoms with Gasteiger partial charge < -0.3 is 10.6 Å². The van der Waals surface area contributed by atoms with E-state index in [2.05, 4.69) is 10.6 Å². The van der Waals surface area contributed by atoms with Crippen LogP contribution in [0.1, 0.15) is 21.5 Å². The SMILES string of the molecule is CNCc1ccc(NC(=O)c2ccccc2-c2ccc(C(F)(F)F)cc2)cc1. The van der Waals surface area contributed by atoms with Crippen LogP contribution < -0.4 is 10.6 Å². The quantitative estimate of drug-likeness (QED) is 0.623. The number of benzene rings is 3. The first-order chi connectivity index (χ1) is 13.4. The summed E-state index contributed by atoms with van der Waals surface area (Å²) in [4.78, 5) is 12.7. The highest BCUT2D eigenvalue weighted by Crippen LogP contribution is 2.32. The van der Waals surface area contributed by atoms with Gasteiger partial charge in [0.05, 0.1) is 5.56 Å². The van der Waals surface area contributed by atoms with Gasteiger partial charge in [0.25, 0.3) is 5.91 Å². The molecule has 0 unspecified atom stereocenters. The second-order valence-electron chi connectivity index (χ2n) is 6.30. The highest BCUT2D eigenvalue weighted by Gasteiger charge is 2.30. The van der Waals surface area contributed by atoms with Gasteiger partial charge in [0, 0.05) is 17.8 Å². The van der Waals surface area contributed by atoms with Crippen LogP contribution in [-0.4, -0.2) is 13.0 Å². The molecule has 0 atom stereocenters. The van der Waals surface area contributed by atoms with Gasteiger partial charge in [-0.1, -0.05) is 42.5 Å². The molecule has 1 amide bonds. The Hall–Kier alpha value is -3.12. The number of alkyl halides is 3. The lowest BCUT2D eigenvalue weighted by atomic mass is 9.98. The van der Waals surface area contributed by atoms with E-state index >= 15 is 0 Å². The molecule has 6 heteroatoms. The van der Waals surface area contributed by atoms with Crippen molar-refractivity contribution in [2.75, 3.05) is 12.4 Å². The Kier molecular flexibility index (Phi) is 5.80. The Morgan fingerprint density at radius 3 is 2.14 bits per heavy atom. The predicted molar refractivity (Wildman–Crippen MR) is 104 cm³/mol. The average Bonchev–Trinajstić information content (AvgIpc) is 2.69. The monoisotopic (exact) mass is 384 g/mol. The highest BCUT2D eigenvalue weighted by molar-refractivity contribution is 6.08. The van der Waals surface area contributed by atoms with Crippen LogP contribution in [0.25, 0.3) is 11.1 Å². The molecule has 28 heavy (non-hydrogen) atoms. The minimum Gasteiger partial charge on any atom is -0.322 e. The van der Waals surface area contributed by atoms with E-state index in [1.54, 1.807) is 24.3 Å². The summed E-state index contributed by atoms with van der Waals surface area (Å²) in [6.45, 7) is 0.727. The Labute approximate surface area is 161 Å². The number of hydrogen-bond donors (Lipinski definition) is 2. The van der Waals surface area contributed by atoms with Crippen LogP contribution in [0.15, 0.2) is 72.8 Å². The van der Waals surface area contributed by atoms with Gasteiger partial charge in [-0.05, 0) is 54.1 Å². The van der Waals surface area contributed by atoms with Crippen molar-refractivity contribution in [3.8, 4) is 11.1 Å². The van der Waals surface area contributed by atoms with Crippen molar-refractivity contribution < 1.29 is 18.0 Å². The van der Waals surface area contributed by atoms with Gasteiger partial charge in [-0.2, -0.15) is 13.2 Å². The zero-order valence-electron chi connectivity index (χ0n) is 15.2.